The Morgan fingerprint density at radius 3 is 2.59 bits per heavy atom. The van der Waals surface area contributed by atoms with Crippen molar-refractivity contribution in [2.75, 3.05) is 18.1 Å². The lowest BCUT2D eigenvalue weighted by Crippen LogP contribution is -2.32. The molecule has 0 spiro atoms. The third-order valence-corrected chi connectivity index (χ3v) is 3.88. The van der Waals surface area contributed by atoms with E-state index in [1.807, 2.05) is 11.8 Å². The van der Waals surface area contributed by atoms with Gasteiger partial charge in [0.05, 0.1) is 0 Å². The maximum absolute atomic E-state index is 3.65. The quantitative estimate of drug-likeness (QED) is 0.717. The van der Waals surface area contributed by atoms with E-state index in [2.05, 4.69) is 49.5 Å². The molecule has 1 aromatic carbocycles. The van der Waals surface area contributed by atoms with Crippen LogP contribution in [0.2, 0.25) is 0 Å². The van der Waals surface area contributed by atoms with Crippen molar-refractivity contribution in [1.82, 2.24) is 5.32 Å². The van der Waals surface area contributed by atoms with Gasteiger partial charge in [0.25, 0.3) is 0 Å². The van der Waals surface area contributed by atoms with Gasteiger partial charge in [-0.25, -0.2) is 0 Å². The molecule has 1 unspecified atom stereocenters. The van der Waals surface area contributed by atoms with Gasteiger partial charge in [0.2, 0.25) is 0 Å². The molecule has 0 fully saturated rings. The fourth-order valence-corrected chi connectivity index (χ4v) is 2.64. The van der Waals surface area contributed by atoms with Crippen molar-refractivity contribution in [3.63, 3.8) is 0 Å². The van der Waals surface area contributed by atoms with Crippen LogP contribution >= 0.6 is 11.8 Å². The second-order valence-electron chi connectivity index (χ2n) is 4.33. The molecule has 1 aromatic rings. The smallest absolute Gasteiger partial charge is 0.0161 e. The van der Waals surface area contributed by atoms with E-state index in [-0.39, 0.29) is 0 Å². The molecule has 0 radical (unpaired) electrons. The first-order chi connectivity index (χ1) is 8.36. The summed E-state index contributed by atoms with van der Waals surface area (Å²) < 4.78 is 0. The topological polar surface area (TPSA) is 12.0 Å². The number of rotatable bonds is 9. The lowest BCUT2D eigenvalue weighted by molar-refractivity contribution is 0.520. The molecule has 1 N–H and O–H groups in total. The number of benzene rings is 1. The van der Waals surface area contributed by atoms with E-state index in [1.165, 1.54) is 36.3 Å². The first-order valence-corrected chi connectivity index (χ1v) is 7.87. The van der Waals surface area contributed by atoms with E-state index in [9.17, 15) is 0 Å². The highest BCUT2D eigenvalue weighted by Gasteiger charge is 2.07. The zero-order valence-electron chi connectivity index (χ0n) is 11.1. The van der Waals surface area contributed by atoms with E-state index >= 15 is 0 Å². The summed E-state index contributed by atoms with van der Waals surface area (Å²) in [5, 5.41) is 3.65. The normalized spacial score (nSPS) is 12.6. The van der Waals surface area contributed by atoms with Crippen LogP contribution in [-0.2, 0) is 6.42 Å². The summed E-state index contributed by atoms with van der Waals surface area (Å²) in [5.74, 6) is 2.46. The molecule has 1 atom stereocenters. The zero-order valence-corrected chi connectivity index (χ0v) is 11.9. The maximum atomic E-state index is 3.65. The average molecular weight is 251 g/mol. The van der Waals surface area contributed by atoms with Crippen molar-refractivity contribution < 1.29 is 0 Å². The molecule has 96 valence electrons. The Morgan fingerprint density at radius 2 is 1.94 bits per heavy atom. The van der Waals surface area contributed by atoms with Gasteiger partial charge in [0, 0.05) is 11.8 Å². The Labute approximate surface area is 110 Å². The second kappa shape index (κ2) is 9.55. The summed E-state index contributed by atoms with van der Waals surface area (Å²) in [6.45, 7) is 5.61. The second-order valence-corrected chi connectivity index (χ2v) is 5.65. The fraction of sp³-hybridized carbons (Fsp3) is 0.600. The number of aryl methyl sites for hydroxylation is 1. The number of thioether (sulfide) groups is 1. The molecule has 0 aromatic heterocycles. The number of hydrogen-bond acceptors (Lipinski definition) is 2. The van der Waals surface area contributed by atoms with Gasteiger partial charge < -0.3 is 5.32 Å². The molecule has 2 heteroatoms. The van der Waals surface area contributed by atoms with Gasteiger partial charge in [-0.05, 0) is 37.1 Å². The predicted molar refractivity (Wildman–Crippen MR) is 79.8 cm³/mol. The predicted octanol–water partition coefficient (Wildman–Crippen LogP) is 3.74. The molecule has 0 saturated carbocycles. The van der Waals surface area contributed by atoms with E-state index in [1.54, 1.807) is 0 Å². The van der Waals surface area contributed by atoms with Crippen LogP contribution in [-0.4, -0.2) is 24.1 Å². The highest BCUT2D eigenvalue weighted by atomic mass is 32.2. The largest absolute Gasteiger partial charge is 0.313 e. The molecule has 1 rings (SSSR count). The average Bonchev–Trinajstić information content (AvgIpc) is 2.39. The van der Waals surface area contributed by atoms with Crippen LogP contribution in [0.3, 0.4) is 0 Å². The third kappa shape index (κ3) is 6.75. The molecule has 0 aliphatic heterocycles. The number of nitrogens with one attached hydrogen (secondary N) is 1. The molecule has 17 heavy (non-hydrogen) atoms. The summed E-state index contributed by atoms with van der Waals surface area (Å²) in [4.78, 5) is 0. The van der Waals surface area contributed by atoms with Crippen LogP contribution in [0.4, 0.5) is 0 Å². The SMILES string of the molecule is CCCNC(CCc1ccccc1)CSCC. The van der Waals surface area contributed by atoms with Crippen LogP contribution in [0, 0.1) is 0 Å². The summed E-state index contributed by atoms with van der Waals surface area (Å²) in [6.07, 6.45) is 3.65. The van der Waals surface area contributed by atoms with Crippen LogP contribution < -0.4 is 5.32 Å². The minimum absolute atomic E-state index is 0.667. The van der Waals surface area contributed by atoms with Crippen molar-refractivity contribution in [2.24, 2.45) is 0 Å². The van der Waals surface area contributed by atoms with Gasteiger partial charge in [-0.3, -0.25) is 0 Å². The van der Waals surface area contributed by atoms with Gasteiger partial charge in [-0.2, -0.15) is 11.8 Å². The minimum atomic E-state index is 0.667. The summed E-state index contributed by atoms with van der Waals surface area (Å²) in [5.41, 5.74) is 1.46. The highest BCUT2D eigenvalue weighted by Crippen LogP contribution is 2.09. The summed E-state index contributed by atoms with van der Waals surface area (Å²) in [6, 6.07) is 11.5. The minimum Gasteiger partial charge on any atom is -0.313 e. The standard InChI is InChI=1S/C15H25NS/c1-3-12-16-15(13-17-4-2)11-10-14-8-6-5-7-9-14/h5-9,15-16H,3-4,10-13H2,1-2H3. The van der Waals surface area contributed by atoms with Crippen molar-refractivity contribution in [2.45, 2.75) is 39.2 Å². The summed E-state index contributed by atoms with van der Waals surface area (Å²) >= 11 is 2.04. The van der Waals surface area contributed by atoms with Crippen molar-refractivity contribution in [1.29, 1.82) is 0 Å². The maximum Gasteiger partial charge on any atom is 0.0161 e. The Morgan fingerprint density at radius 1 is 1.18 bits per heavy atom. The van der Waals surface area contributed by atoms with Crippen molar-refractivity contribution >= 4 is 11.8 Å². The molecule has 0 aliphatic rings. The van der Waals surface area contributed by atoms with Crippen LogP contribution in [0.5, 0.6) is 0 Å². The fourth-order valence-electron chi connectivity index (χ4n) is 1.84. The third-order valence-electron chi connectivity index (χ3n) is 2.83. The zero-order chi connectivity index (χ0) is 12.3. The Hall–Kier alpha value is -0.470. The summed E-state index contributed by atoms with van der Waals surface area (Å²) in [7, 11) is 0. The first-order valence-electron chi connectivity index (χ1n) is 6.71. The van der Waals surface area contributed by atoms with E-state index in [0.29, 0.717) is 6.04 Å². The van der Waals surface area contributed by atoms with Gasteiger partial charge in [-0.1, -0.05) is 44.2 Å². The molecule has 1 nitrogen and oxygen atoms in total. The van der Waals surface area contributed by atoms with Gasteiger partial charge >= 0.3 is 0 Å². The van der Waals surface area contributed by atoms with E-state index < -0.39 is 0 Å². The Bertz CT molecular complexity index is 266. The lowest BCUT2D eigenvalue weighted by atomic mass is 10.1. The van der Waals surface area contributed by atoms with Crippen LogP contribution in [0.1, 0.15) is 32.3 Å². The van der Waals surface area contributed by atoms with E-state index in [4.69, 9.17) is 0 Å². The molecule has 0 bridgehead atoms. The molecular formula is C15H25NS. The lowest BCUT2D eigenvalue weighted by Gasteiger charge is -2.17. The van der Waals surface area contributed by atoms with Gasteiger partial charge in [-0.15, -0.1) is 0 Å². The highest BCUT2D eigenvalue weighted by molar-refractivity contribution is 7.99. The molecular weight excluding hydrogens is 226 g/mol. The van der Waals surface area contributed by atoms with Crippen LogP contribution in [0.15, 0.2) is 30.3 Å². The first kappa shape index (κ1) is 14.6. The van der Waals surface area contributed by atoms with Gasteiger partial charge in [0.15, 0.2) is 0 Å². The van der Waals surface area contributed by atoms with E-state index in [0.717, 1.165) is 6.54 Å². The van der Waals surface area contributed by atoms with Crippen molar-refractivity contribution in [3.8, 4) is 0 Å². The molecule has 0 aliphatic carbocycles. The monoisotopic (exact) mass is 251 g/mol. The number of hydrogen-bond donors (Lipinski definition) is 1. The molecule has 0 saturated heterocycles. The molecule has 0 heterocycles. The van der Waals surface area contributed by atoms with Gasteiger partial charge in [0.1, 0.15) is 0 Å². The van der Waals surface area contributed by atoms with Crippen molar-refractivity contribution in [3.05, 3.63) is 35.9 Å². The Kier molecular flexibility index (Phi) is 8.20. The Balaban J connectivity index is 2.31. The van der Waals surface area contributed by atoms with Crippen LogP contribution in [0.25, 0.3) is 0 Å². The molecule has 0 amide bonds.